The maximum absolute atomic E-state index is 9.70. The van der Waals surface area contributed by atoms with Crippen molar-refractivity contribution >= 4 is 5.82 Å². The van der Waals surface area contributed by atoms with Gasteiger partial charge < -0.3 is 15.2 Å². The first kappa shape index (κ1) is 13.1. The van der Waals surface area contributed by atoms with Crippen molar-refractivity contribution in [1.29, 1.82) is 0 Å². The summed E-state index contributed by atoms with van der Waals surface area (Å²) in [5, 5.41) is 12.9. The van der Waals surface area contributed by atoms with Gasteiger partial charge in [-0.3, -0.25) is 0 Å². The minimum atomic E-state index is 0.270. The first-order chi connectivity index (χ1) is 9.22. The predicted molar refractivity (Wildman–Crippen MR) is 73.4 cm³/mol. The number of nitrogens with one attached hydrogen (secondary N) is 1. The van der Waals surface area contributed by atoms with Crippen molar-refractivity contribution in [3.05, 3.63) is 41.7 Å². The molecule has 1 heterocycles. The van der Waals surface area contributed by atoms with E-state index >= 15 is 0 Å². The molecule has 0 atom stereocenters. The van der Waals surface area contributed by atoms with Crippen LogP contribution in [-0.2, 0) is 6.54 Å². The molecule has 0 saturated carbocycles. The lowest BCUT2D eigenvalue weighted by molar-refractivity contribution is 0.324. The van der Waals surface area contributed by atoms with E-state index in [1.165, 1.54) is 6.33 Å². The largest absolute Gasteiger partial charge is 0.508 e. The third-order valence-electron chi connectivity index (χ3n) is 2.76. The molecule has 0 aliphatic rings. The normalized spacial score (nSPS) is 10.2. The summed E-state index contributed by atoms with van der Waals surface area (Å²) in [5.74, 6) is 1.56. The number of hydrogen-bond donors (Lipinski definition) is 2. The topological polar surface area (TPSA) is 67.3 Å². The zero-order valence-corrected chi connectivity index (χ0v) is 11.1. The van der Waals surface area contributed by atoms with Gasteiger partial charge in [0, 0.05) is 12.1 Å². The molecule has 19 heavy (non-hydrogen) atoms. The van der Waals surface area contributed by atoms with Crippen LogP contribution in [0.15, 0.2) is 30.6 Å². The summed E-state index contributed by atoms with van der Waals surface area (Å²) in [6, 6.07) is 7.20. The summed E-state index contributed by atoms with van der Waals surface area (Å²) in [6.07, 6.45) is 1.46. The molecule has 0 unspecified atom stereocenters. The zero-order valence-electron chi connectivity index (χ0n) is 11.1. The predicted octanol–water partition coefficient (Wildman–Crippen LogP) is 2.50. The summed E-state index contributed by atoms with van der Waals surface area (Å²) in [6.45, 7) is 4.88. The number of para-hydroxylation sites is 1. The Bertz CT molecular complexity index is 558. The van der Waals surface area contributed by atoms with Crippen LogP contribution in [0.4, 0.5) is 5.82 Å². The van der Waals surface area contributed by atoms with E-state index in [1.807, 2.05) is 26.0 Å². The summed E-state index contributed by atoms with van der Waals surface area (Å²) < 4.78 is 5.41. The maximum atomic E-state index is 9.70. The lowest BCUT2D eigenvalue weighted by atomic mass is 10.2. The van der Waals surface area contributed by atoms with E-state index in [-0.39, 0.29) is 5.75 Å². The summed E-state index contributed by atoms with van der Waals surface area (Å²) in [7, 11) is 0. The fourth-order valence-electron chi connectivity index (χ4n) is 1.73. The Balaban J connectivity index is 2.12. The van der Waals surface area contributed by atoms with Crippen LogP contribution in [0.2, 0.25) is 0 Å². The highest BCUT2D eigenvalue weighted by Crippen LogP contribution is 2.22. The van der Waals surface area contributed by atoms with Gasteiger partial charge in [0.2, 0.25) is 5.88 Å². The zero-order chi connectivity index (χ0) is 13.7. The molecule has 5 nitrogen and oxygen atoms in total. The third kappa shape index (κ3) is 3.13. The van der Waals surface area contributed by atoms with E-state index in [1.54, 1.807) is 12.1 Å². The van der Waals surface area contributed by atoms with Crippen molar-refractivity contribution in [3.63, 3.8) is 0 Å². The van der Waals surface area contributed by atoms with Crippen LogP contribution in [0.25, 0.3) is 0 Å². The fraction of sp³-hybridized carbons (Fsp3) is 0.286. The second kappa shape index (κ2) is 6.04. The van der Waals surface area contributed by atoms with Gasteiger partial charge in [0.25, 0.3) is 0 Å². The highest BCUT2D eigenvalue weighted by Gasteiger charge is 2.08. The van der Waals surface area contributed by atoms with Crippen molar-refractivity contribution in [2.24, 2.45) is 0 Å². The minimum Gasteiger partial charge on any atom is -0.508 e. The SMILES string of the molecule is CCOc1ncnc(NCc2ccccc2O)c1C. The molecule has 0 aliphatic carbocycles. The first-order valence-electron chi connectivity index (χ1n) is 6.17. The number of phenols is 1. The molecule has 2 aromatic rings. The lowest BCUT2D eigenvalue weighted by Crippen LogP contribution is -2.06. The Kier molecular flexibility index (Phi) is 4.18. The van der Waals surface area contributed by atoms with Crippen molar-refractivity contribution in [2.75, 3.05) is 11.9 Å². The van der Waals surface area contributed by atoms with Crippen LogP contribution >= 0.6 is 0 Å². The van der Waals surface area contributed by atoms with Crippen LogP contribution in [0.5, 0.6) is 11.6 Å². The summed E-state index contributed by atoms with van der Waals surface area (Å²) in [5.41, 5.74) is 1.68. The smallest absolute Gasteiger partial charge is 0.221 e. The highest BCUT2D eigenvalue weighted by atomic mass is 16.5. The third-order valence-corrected chi connectivity index (χ3v) is 2.76. The molecule has 1 aromatic heterocycles. The molecular weight excluding hydrogens is 242 g/mol. The minimum absolute atomic E-state index is 0.270. The second-order valence-electron chi connectivity index (χ2n) is 4.07. The van der Waals surface area contributed by atoms with Gasteiger partial charge in [0.1, 0.15) is 17.9 Å². The average Bonchev–Trinajstić information content (AvgIpc) is 2.42. The van der Waals surface area contributed by atoms with Crippen molar-refractivity contribution in [2.45, 2.75) is 20.4 Å². The number of aromatic nitrogens is 2. The van der Waals surface area contributed by atoms with Gasteiger partial charge >= 0.3 is 0 Å². The highest BCUT2D eigenvalue weighted by molar-refractivity contribution is 5.48. The molecule has 0 fully saturated rings. The van der Waals surface area contributed by atoms with Crippen molar-refractivity contribution in [3.8, 4) is 11.6 Å². The Labute approximate surface area is 112 Å². The van der Waals surface area contributed by atoms with Gasteiger partial charge in [-0.25, -0.2) is 9.97 Å². The van der Waals surface area contributed by atoms with Gasteiger partial charge in [-0.2, -0.15) is 0 Å². The van der Waals surface area contributed by atoms with Crippen LogP contribution in [0.1, 0.15) is 18.1 Å². The van der Waals surface area contributed by atoms with Crippen molar-refractivity contribution < 1.29 is 9.84 Å². The number of aromatic hydroxyl groups is 1. The van der Waals surface area contributed by atoms with E-state index in [9.17, 15) is 5.11 Å². The first-order valence-corrected chi connectivity index (χ1v) is 6.17. The monoisotopic (exact) mass is 259 g/mol. The van der Waals surface area contributed by atoms with Crippen LogP contribution in [0, 0.1) is 6.92 Å². The van der Waals surface area contributed by atoms with Crippen LogP contribution in [-0.4, -0.2) is 21.7 Å². The molecule has 100 valence electrons. The van der Waals surface area contributed by atoms with Gasteiger partial charge in [0.15, 0.2) is 0 Å². The number of nitrogens with zero attached hydrogens (tertiary/aromatic N) is 2. The van der Waals surface area contributed by atoms with Gasteiger partial charge in [-0.1, -0.05) is 18.2 Å². The molecule has 5 heteroatoms. The van der Waals surface area contributed by atoms with Crippen molar-refractivity contribution in [1.82, 2.24) is 9.97 Å². The lowest BCUT2D eigenvalue weighted by Gasteiger charge is -2.11. The average molecular weight is 259 g/mol. The molecule has 0 aliphatic heterocycles. The van der Waals surface area contributed by atoms with Crippen LogP contribution < -0.4 is 10.1 Å². The number of anilines is 1. The van der Waals surface area contributed by atoms with Gasteiger partial charge in [-0.05, 0) is 19.9 Å². The summed E-state index contributed by atoms with van der Waals surface area (Å²) in [4.78, 5) is 8.26. The Morgan fingerprint density at radius 3 is 2.79 bits per heavy atom. The summed E-state index contributed by atoms with van der Waals surface area (Å²) >= 11 is 0. The van der Waals surface area contributed by atoms with Crippen LogP contribution in [0.3, 0.4) is 0 Å². The van der Waals surface area contributed by atoms with E-state index in [4.69, 9.17) is 4.74 Å². The molecule has 1 aromatic carbocycles. The van der Waals surface area contributed by atoms with Gasteiger partial charge in [-0.15, -0.1) is 0 Å². The van der Waals surface area contributed by atoms with E-state index in [0.717, 1.165) is 11.1 Å². The van der Waals surface area contributed by atoms with E-state index in [0.29, 0.717) is 24.8 Å². The Morgan fingerprint density at radius 1 is 1.26 bits per heavy atom. The standard InChI is InChI=1S/C14H17N3O2/c1-3-19-14-10(2)13(16-9-17-14)15-8-11-6-4-5-7-12(11)18/h4-7,9,18H,3,8H2,1-2H3,(H,15,16,17). The number of phenolic OH excluding ortho intramolecular Hbond substituents is 1. The van der Waals surface area contributed by atoms with Gasteiger partial charge in [0.05, 0.1) is 12.2 Å². The number of benzene rings is 1. The molecule has 0 saturated heterocycles. The van der Waals surface area contributed by atoms with E-state index in [2.05, 4.69) is 15.3 Å². The molecule has 0 bridgehead atoms. The molecule has 0 amide bonds. The van der Waals surface area contributed by atoms with E-state index < -0.39 is 0 Å². The maximum Gasteiger partial charge on any atom is 0.221 e. The Morgan fingerprint density at radius 2 is 2.05 bits per heavy atom. The fourth-order valence-corrected chi connectivity index (χ4v) is 1.73. The number of ether oxygens (including phenoxy) is 1. The number of hydrogen-bond acceptors (Lipinski definition) is 5. The molecule has 0 spiro atoms. The molecular formula is C14H17N3O2. The second-order valence-corrected chi connectivity index (χ2v) is 4.07. The number of rotatable bonds is 5. The molecule has 2 N–H and O–H groups in total. The quantitative estimate of drug-likeness (QED) is 0.863. The Hall–Kier alpha value is -2.30. The molecule has 2 rings (SSSR count). The molecule has 0 radical (unpaired) electrons.